The number of aliphatic imine (C=N–C) groups is 2. The first-order valence-electron chi connectivity index (χ1n) is 10.3. The Morgan fingerprint density at radius 2 is 1.66 bits per heavy atom. The molecule has 2 unspecified atom stereocenters. The van der Waals surface area contributed by atoms with Gasteiger partial charge in [-0.3, -0.25) is 0 Å². The number of hydrogen-bond donors (Lipinski definition) is 2. The molecule has 3 N–H and O–H groups in total. The molecule has 1 aliphatic heterocycles. The maximum atomic E-state index is 6.54. The number of aryl methyl sites for hydroxylation is 1. The molecule has 4 nitrogen and oxygen atoms in total. The van der Waals surface area contributed by atoms with Crippen molar-refractivity contribution < 1.29 is 0 Å². The molecule has 1 heterocycles. The van der Waals surface area contributed by atoms with Crippen molar-refractivity contribution in [3.63, 3.8) is 0 Å². The van der Waals surface area contributed by atoms with Crippen LogP contribution in [0.5, 0.6) is 0 Å². The van der Waals surface area contributed by atoms with Gasteiger partial charge >= 0.3 is 0 Å². The standard InChI is InChI=1S/C25H23Cl3N4/c1-25(14-13-16-5-3-2-4-6-16)22(17-7-12-20(27)21(28)15-17)23(29)31-24(32-25)30-19-10-8-18(26)9-11-19/h2-12,15,22H,13-14H2,1H3,(H3,29,30,31,32). The van der Waals surface area contributed by atoms with Crippen molar-refractivity contribution in [2.75, 3.05) is 5.32 Å². The number of hydrogen-bond acceptors (Lipinski definition) is 4. The smallest absolute Gasteiger partial charge is 0.224 e. The molecule has 32 heavy (non-hydrogen) atoms. The van der Waals surface area contributed by atoms with Crippen LogP contribution in [0.1, 0.15) is 30.4 Å². The Bertz CT molecular complexity index is 1160. The highest BCUT2D eigenvalue weighted by Gasteiger charge is 2.41. The van der Waals surface area contributed by atoms with Gasteiger partial charge in [-0.15, -0.1) is 0 Å². The van der Waals surface area contributed by atoms with Crippen molar-refractivity contribution in [1.82, 2.24) is 0 Å². The number of nitrogens with two attached hydrogens (primary N) is 1. The quantitative estimate of drug-likeness (QED) is 0.410. The van der Waals surface area contributed by atoms with Crippen LogP contribution in [-0.4, -0.2) is 17.3 Å². The molecule has 0 spiro atoms. The van der Waals surface area contributed by atoms with Gasteiger partial charge < -0.3 is 11.1 Å². The molecule has 3 aromatic carbocycles. The molecule has 164 valence electrons. The molecule has 0 amide bonds. The lowest BCUT2D eigenvalue weighted by atomic mass is 9.76. The number of nitrogens with one attached hydrogen (secondary N) is 1. The van der Waals surface area contributed by atoms with Gasteiger partial charge in [-0.25, -0.2) is 4.99 Å². The van der Waals surface area contributed by atoms with Gasteiger partial charge in [0.2, 0.25) is 5.96 Å². The van der Waals surface area contributed by atoms with E-state index in [1.165, 1.54) is 5.56 Å². The first-order chi connectivity index (χ1) is 15.3. The first kappa shape index (κ1) is 22.7. The van der Waals surface area contributed by atoms with Crippen LogP contribution in [0, 0.1) is 0 Å². The van der Waals surface area contributed by atoms with Crippen molar-refractivity contribution in [3.8, 4) is 0 Å². The molecule has 0 fully saturated rings. The second-order valence-corrected chi connectivity index (χ2v) is 9.30. The van der Waals surface area contributed by atoms with Gasteiger partial charge in [0.25, 0.3) is 0 Å². The predicted octanol–water partition coefficient (Wildman–Crippen LogP) is 6.96. The van der Waals surface area contributed by atoms with Crippen molar-refractivity contribution in [2.24, 2.45) is 15.7 Å². The summed E-state index contributed by atoms with van der Waals surface area (Å²) in [5.74, 6) is 0.707. The van der Waals surface area contributed by atoms with Gasteiger partial charge in [0.15, 0.2) is 0 Å². The Labute approximate surface area is 203 Å². The molecule has 7 heteroatoms. The lowest BCUT2D eigenvalue weighted by molar-refractivity contribution is 0.403. The number of rotatable bonds is 5. The third-order valence-electron chi connectivity index (χ3n) is 5.65. The molecule has 2 atom stereocenters. The fraction of sp³-hybridized carbons (Fsp3) is 0.200. The summed E-state index contributed by atoms with van der Waals surface area (Å²) in [6, 6.07) is 23.3. The zero-order chi connectivity index (χ0) is 22.7. The SMILES string of the molecule is CC1(CCc2ccccc2)N=C(Nc2ccc(Cl)cc2)N=C(N)C1c1ccc(Cl)c(Cl)c1. The average molecular weight is 486 g/mol. The second kappa shape index (κ2) is 9.53. The zero-order valence-corrected chi connectivity index (χ0v) is 19.8. The van der Waals surface area contributed by atoms with Gasteiger partial charge in [-0.05, 0) is 67.3 Å². The van der Waals surface area contributed by atoms with Crippen LogP contribution in [-0.2, 0) is 6.42 Å². The van der Waals surface area contributed by atoms with Gasteiger partial charge in [0.05, 0.1) is 21.5 Å². The summed E-state index contributed by atoms with van der Waals surface area (Å²) >= 11 is 18.5. The zero-order valence-electron chi connectivity index (χ0n) is 17.5. The van der Waals surface area contributed by atoms with Crippen molar-refractivity contribution in [2.45, 2.75) is 31.2 Å². The van der Waals surface area contributed by atoms with Crippen LogP contribution in [0.2, 0.25) is 15.1 Å². The van der Waals surface area contributed by atoms with E-state index in [2.05, 4.69) is 29.4 Å². The number of nitrogens with zero attached hydrogens (tertiary/aromatic N) is 2. The molecular weight excluding hydrogens is 463 g/mol. The van der Waals surface area contributed by atoms with Crippen molar-refractivity contribution >= 4 is 52.3 Å². The lowest BCUT2D eigenvalue weighted by Crippen LogP contribution is -2.45. The average Bonchev–Trinajstić information content (AvgIpc) is 2.77. The lowest BCUT2D eigenvalue weighted by Gasteiger charge is -2.37. The largest absolute Gasteiger partial charge is 0.386 e. The highest BCUT2D eigenvalue weighted by molar-refractivity contribution is 6.42. The first-order valence-corrected chi connectivity index (χ1v) is 11.4. The Kier molecular flexibility index (Phi) is 6.75. The van der Waals surface area contributed by atoms with E-state index in [1.807, 2.05) is 54.6 Å². The summed E-state index contributed by atoms with van der Waals surface area (Å²) in [6.07, 6.45) is 1.62. The van der Waals surface area contributed by atoms with E-state index in [0.29, 0.717) is 26.9 Å². The maximum Gasteiger partial charge on any atom is 0.224 e. The van der Waals surface area contributed by atoms with E-state index >= 15 is 0 Å². The van der Waals surface area contributed by atoms with E-state index < -0.39 is 5.54 Å². The summed E-state index contributed by atoms with van der Waals surface area (Å²) in [5.41, 5.74) is 9.01. The molecule has 0 saturated carbocycles. The van der Waals surface area contributed by atoms with Crippen molar-refractivity contribution in [3.05, 3.63) is 99.0 Å². The molecule has 3 aromatic rings. The number of amidine groups is 1. The monoisotopic (exact) mass is 484 g/mol. The van der Waals surface area contributed by atoms with Crippen molar-refractivity contribution in [1.29, 1.82) is 0 Å². The normalized spacial score (nSPS) is 20.4. The van der Waals surface area contributed by atoms with E-state index in [0.717, 1.165) is 24.1 Å². The number of anilines is 1. The third-order valence-corrected chi connectivity index (χ3v) is 6.64. The fourth-order valence-electron chi connectivity index (χ4n) is 4.02. The van der Waals surface area contributed by atoms with Crippen LogP contribution in [0.4, 0.5) is 5.69 Å². The molecule has 0 saturated heterocycles. The Hall–Kier alpha value is -2.53. The van der Waals surface area contributed by atoms with Crippen LogP contribution >= 0.6 is 34.8 Å². The van der Waals surface area contributed by atoms with Crippen LogP contribution < -0.4 is 11.1 Å². The van der Waals surface area contributed by atoms with E-state index in [-0.39, 0.29) is 5.92 Å². The van der Waals surface area contributed by atoms with Crippen LogP contribution in [0.3, 0.4) is 0 Å². The van der Waals surface area contributed by atoms with E-state index in [1.54, 1.807) is 6.07 Å². The van der Waals surface area contributed by atoms with Gasteiger partial charge in [-0.1, -0.05) is 71.2 Å². The highest BCUT2D eigenvalue weighted by atomic mass is 35.5. The summed E-state index contributed by atoms with van der Waals surface area (Å²) in [4.78, 5) is 9.62. The molecular formula is C25H23Cl3N4. The predicted molar refractivity (Wildman–Crippen MR) is 137 cm³/mol. The topological polar surface area (TPSA) is 62.8 Å². The minimum atomic E-state index is -0.548. The molecule has 4 rings (SSSR count). The number of guanidine groups is 1. The number of benzene rings is 3. The fourth-order valence-corrected chi connectivity index (χ4v) is 4.45. The minimum absolute atomic E-state index is 0.239. The molecule has 0 radical (unpaired) electrons. The Balaban J connectivity index is 1.69. The highest BCUT2D eigenvalue weighted by Crippen LogP contribution is 2.40. The van der Waals surface area contributed by atoms with Gasteiger partial charge in [0, 0.05) is 10.7 Å². The van der Waals surface area contributed by atoms with E-state index in [4.69, 9.17) is 45.5 Å². The van der Waals surface area contributed by atoms with Crippen LogP contribution in [0.15, 0.2) is 82.8 Å². The summed E-state index contributed by atoms with van der Waals surface area (Å²) in [6.45, 7) is 2.11. The molecule has 0 aliphatic carbocycles. The summed E-state index contributed by atoms with van der Waals surface area (Å²) in [5, 5.41) is 4.91. The molecule has 0 bridgehead atoms. The van der Waals surface area contributed by atoms with Gasteiger partial charge in [-0.2, -0.15) is 4.99 Å². The Morgan fingerprint density at radius 1 is 0.938 bits per heavy atom. The molecule has 1 aliphatic rings. The third kappa shape index (κ3) is 5.09. The number of halogens is 3. The van der Waals surface area contributed by atoms with E-state index in [9.17, 15) is 0 Å². The van der Waals surface area contributed by atoms with Gasteiger partial charge in [0.1, 0.15) is 5.84 Å². The Morgan fingerprint density at radius 3 is 2.34 bits per heavy atom. The minimum Gasteiger partial charge on any atom is -0.386 e. The summed E-state index contributed by atoms with van der Waals surface area (Å²) in [7, 11) is 0. The van der Waals surface area contributed by atoms with Crippen LogP contribution in [0.25, 0.3) is 0 Å². The second-order valence-electron chi connectivity index (χ2n) is 8.05. The summed E-state index contributed by atoms with van der Waals surface area (Å²) < 4.78 is 0. The molecule has 0 aromatic heterocycles. The maximum absolute atomic E-state index is 6.54.